The molecular formula is C24H18ClIN2O4. The summed E-state index contributed by atoms with van der Waals surface area (Å²) in [4.78, 5) is 10.6. The number of allylic oxidation sites excluding steroid dienone is 1. The molecule has 8 heteroatoms. The first-order valence-corrected chi connectivity index (χ1v) is 11.1. The molecule has 0 aliphatic heterocycles. The van der Waals surface area contributed by atoms with E-state index < -0.39 is 4.92 Å². The number of benzene rings is 3. The van der Waals surface area contributed by atoms with Gasteiger partial charge in [0.25, 0.3) is 5.69 Å². The van der Waals surface area contributed by atoms with Gasteiger partial charge in [0.15, 0.2) is 11.5 Å². The van der Waals surface area contributed by atoms with E-state index in [-0.39, 0.29) is 12.3 Å². The maximum atomic E-state index is 11.1. The summed E-state index contributed by atoms with van der Waals surface area (Å²) in [6.07, 6.45) is 1.67. The maximum Gasteiger partial charge on any atom is 0.270 e. The molecule has 3 rings (SSSR count). The van der Waals surface area contributed by atoms with Crippen LogP contribution in [0.4, 0.5) is 5.69 Å². The van der Waals surface area contributed by atoms with Crippen molar-refractivity contribution >= 4 is 51.5 Å². The van der Waals surface area contributed by atoms with E-state index in [2.05, 4.69) is 28.7 Å². The maximum absolute atomic E-state index is 11.1. The average Bonchev–Trinajstić information content (AvgIpc) is 2.78. The second-order valence-electron chi connectivity index (χ2n) is 6.62. The molecule has 0 bridgehead atoms. The van der Waals surface area contributed by atoms with Gasteiger partial charge >= 0.3 is 0 Å². The van der Waals surface area contributed by atoms with Crippen molar-refractivity contribution in [1.82, 2.24) is 0 Å². The fourth-order valence-corrected chi connectivity index (χ4v) is 3.94. The van der Waals surface area contributed by atoms with Gasteiger partial charge in [0.1, 0.15) is 6.61 Å². The molecule has 0 atom stereocenters. The van der Waals surface area contributed by atoms with Gasteiger partial charge in [0.2, 0.25) is 0 Å². The number of non-ortho nitro benzene ring substituents is 1. The third-order valence-corrected chi connectivity index (χ3v) is 5.63. The molecule has 0 aliphatic rings. The average molecular weight is 561 g/mol. The molecule has 0 fully saturated rings. The lowest BCUT2D eigenvalue weighted by molar-refractivity contribution is -0.384. The minimum absolute atomic E-state index is 0.0726. The number of nitro benzene ring substituents is 1. The summed E-state index contributed by atoms with van der Waals surface area (Å²) >= 11 is 8.38. The number of hydrogen-bond acceptors (Lipinski definition) is 5. The Morgan fingerprint density at radius 2 is 1.97 bits per heavy atom. The third-order valence-electron chi connectivity index (χ3n) is 4.46. The van der Waals surface area contributed by atoms with Crippen molar-refractivity contribution in [2.45, 2.75) is 13.5 Å². The van der Waals surface area contributed by atoms with Crippen LogP contribution < -0.4 is 9.47 Å². The number of ether oxygens (including phenoxy) is 2. The SMILES string of the molecule is CCOc1cc(/C=C(/C#N)c2cccc([N+](=O)[O-])c2)cc(I)c1OCc1ccccc1Cl. The van der Waals surface area contributed by atoms with Gasteiger partial charge in [-0.2, -0.15) is 5.26 Å². The first kappa shape index (κ1) is 23.6. The van der Waals surface area contributed by atoms with Gasteiger partial charge in [-0.3, -0.25) is 10.1 Å². The lowest BCUT2D eigenvalue weighted by atomic mass is 10.0. The molecule has 0 amide bonds. The molecule has 0 radical (unpaired) electrons. The van der Waals surface area contributed by atoms with E-state index in [1.807, 2.05) is 31.2 Å². The van der Waals surface area contributed by atoms with Crippen LogP contribution in [0.3, 0.4) is 0 Å². The first-order valence-electron chi connectivity index (χ1n) is 9.62. The third kappa shape index (κ3) is 5.78. The number of halogens is 2. The second kappa shape index (κ2) is 11.0. The topological polar surface area (TPSA) is 85.4 Å². The molecule has 6 nitrogen and oxygen atoms in total. The highest BCUT2D eigenvalue weighted by atomic mass is 127. The predicted octanol–water partition coefficient (Wildman–Crippen LogP) is 6.89. The highest BCUT2D eigenvalue weighted by Crippen LogP contribution is 2.36. The van der Waals surface area contributed by atoms with Crippen LogP contribution in [-0.2, 0) is 6.61 Å². The van der Waals surface area contributed by atoms with Crippen molar-refractivity contribution in [3.8, 4) is 17.6 Å². The van der Waals surface area contributed by atoms with Crippen LogP contribution in [-0.4, -0.2) is 11.5 Å². The van der Waals surface area contributed by atoms with E-state index in [0.717, 1.165) is 9.13 Å². The van der Waals surface area contributed by atoms with E-state index in [1.165, 1.54) is 12.1 Å². The van der Waals surface area contributed by atoms with Gasteiger partial charge in [0, 0.05) is 22.7 Å². The number of nitrogens with zero attached hydrogens (tertiary/aromatic N) is 2. The summed E-state index contributed by atoms with van der Waals surface area (Å²) in [5.41, 5.74) is 2.27. The molecule has 0 spiro atoms. The molecule has 0 saturated carbocycles. The fourth-order valence-electron chi connectivity index (χ4n) is 2.97. The molecule has 0 saturated heterocycles. The number of hydrogen-bond donors (Lipinski definition) is 0. The standard InChI is InChI=1S/C24H18ClIN2O4/c1-2-31-23-12-16(10-19(14-27)17-7-5-8-20(13-17)28(29)30)11-22(26)24(23)32-15-18-6-3-4-9-21(18)25/h3-13H,2,15H2,1H3/b19-10-. The predicted molar refractivity (Wildman–Crippen MR) is 133 cm³/mol. The fraction of sp³-hybridized carbons (Fsp3) is 0.125. The lowest BCUT2D eigenvalue weighted by Crippen LogP contribution is -2.02. The van der Waals surface area contributed by atoms with Crippen molar-refractivity contribution in [2.75, 3.05) is 6.61 Å². The van der Waals surface area contributed by atoms with Gasteiger partial charge in [-0.15, -0.1) is 0 Å². The largest absolute Gasteiger partial charge is 0.490 e. The Labute approximate surface area is 204 Å². The molecule has 32 heavy (non-hydrogen) atoms. The Bertz CT molecular complexity index is 1220. The minimum Gasteiger partial charge on any atom is -0.490 e. The van der Waals surface area contributed by atoms with Crippen LogP contribution in [0.1, 0.15) is 23.6 Å². The quantitative estimate of drug-likeness (QED) is 0.0984. The Morgan fingerprint density at radius 1 is 1.19 bits per heavy atom. The van der Waals surface area contributed by atoms with Gasteiger partial charge in [-0.05, 0) is 64.9 Å². The minimum atomic E-state index is -0.486. The zero-order chi connectivity index (χ0) is 23.1. The Hall–Kier alpha value is -3.09. The van der Waals surface area contributed by atoms with E-state index in [0.29, 0.717) is 39.8 Å². The normalized spacial score (nSPS) is 11.0. The zero-order valence-corrected chi connectivity index (χ0v) is 20.0. The first-order chi connectivity index (χ1) is 15.4. The highest BCUT2D eigenvalue weighted by Gasteiger charge is 2.14. The lowest BCUT2D eigenvalue weighted by Gasteiger charge is -2.15. The van der Waals surface area contributed by atoms with Crippen LogP contribution in [0.5, 0.6) is 11.5 Å². The smallest absolute Gasteiger partial charge is 0.270 e. The summed E-state index contributed by atoms with van der Waals surface area (Å²) in [7, 11) is 0. The summed E-state index contributed by atoms with van der Waals surface area (Å²) in [6.45, 7) is 2.58. The van der Waals surface area contributed by atoms with Crippen molar-refractivity contribution < 1.29 is 14.4 Å². The summed E-state index contributed by atoms with van der Waals surface area (Å²) < 4.78 is 12.6. The van der Waals surface area contributed by atoms with Gasteiger partial charge < -0.3 is 9.47 Å². The number of nitriles is 1. The monoisotopic (exact) mass is 560 g/mol. The van der Waals surface area contributed by atoms with Gasteiger partial charge in [-0.1, -0.05) is 41.9 Å². The molecule has 0 heterocycles. The van der Waals surface area contributed by atoms with Crippen molar-refractivity contribution in [3.63, 3.8) is 0 Å². The van der Waals surface area contributed by atoms with Crippen molar-refractivity contribution in [1.29, 1.82) is 5.26 Å². The molecule has 0 aliphatic carbocycles. The molecule has 0 unspecified atom stereocenters. The molecule has 0 N–H and O–H groups in total. The molecule has 162 valence electrons. The summed E-state index contributed by atoms with van der Waals surface area (Å²) in [5.74, 6) is 1.12. The summed E-state index contributed by atoms with van der Waals surface area (Å²) in [5, 5.41) is 21.3. The molecule has 3 aromatic carbocycles. The molecule has 0 aromatic heterocycles. The Balaban J connectivity index is 1.95. The van der Waals surface area contributed by atoms with Crippen LogP contribution in [0, 0.1) is 25.0 Å². The van der Waals surface area contributed by atoms with Crippen LogP contribution in [0.25, 0.3) is 11.6 Å². The highest BCUT2D eigenvalue weighted by molar-refractivity contribution is 14.1. The van der Waals surface area contributed by atoms with Gasteiger partial charge in [-0.25, -0.2) is 0 Å². The number of nitro groups is 1. The number of rotatable bonds is 8. The zero-order valence-electron chi connectivity index (χ0n) is 17.0. The van der Waals surface area contributed by atoms with Crippen molar-refractivity contribution in [3.05, 3.63) is 96.1 Å². The van der Waals surface area contributed by atoms with E-state index in [1.54, 1.807) is 30.3 Å². The van der Waals surface area contributed by atoms with E-state index in [4.69, 9.17) is 21.1 Å². The Kier molecular flexibility index (Phi) is 8.09. The van der Waals surface area contributed by atoms with Crippen LogP contribution in [0.2, 0.25) is 5.02 Å². The summed E-state index contributed by atoms with van der Waals surface area (Å²) in [6, 6.07) is 19.2. The van der Waals surface area contributed by atoms with E-state index in [9.17, 15) is 15.4 Å². The van der Waals surface area contributed by atoms with Crippen LogP contribution in [0.15, 0.2) is 60.7 Å². The Morgan fingerprint density at radius 3 is 2.66 bits per heavy atom. The molecular weight excluding hydrogens is 543 g/mol. The van der Waals surface area contributed by atoms with Crippen molar-refractivity contribution in [2.24, 2.45) is 0 Å². The van der Waals surface area contributed by atoms with Gasteiger partial charge in [0.05, 0.1) is 26.7 Å². The van der Waals surface area contributed by atoms with Crippen LogP contribution >= 0.6 is 34.2 Å². The molecule has 3 aromatic rings. The van der Waals surface area contributed by atoms with E-state index >= 15 is 0 Å². The second-order valence-corrected chi connectivity index (χ2v) is 8.19.